The van der Waals surface area contributed by atoms with E-state index in [9.17, 15) is 5.11 Å². The van der Waals surface area contributed by atoms with E-state index in [1.165, 1.54) is 0 Å². The number of hydrogen-bond acceptors (Lipinski definition) is 5. The minimum atomic E-state index is -0.383. The standard InChI is InChI=1S/C10H11Cl2N3O2/c11-7-1-8(14-9(12)13-7)15-3-6-2-10(15,4-16)5-17-6/h1,6,16H,2-5H2/t6-,10+/m0/s1. The van der Waals surface area contributed by atoms with Crippen LogP contribution in [0, 0.1) is 0 Å². The second-order valence-electron chi connectivity index (χ2n) is 4.45. The summed E-state index contributed by atoms with van der Waals surface area (Å²) in [5.41, 5.74) is -0.383. The van der Waals surface area contributed by atoms with Gasteiger partial charge in [0.2, 0.25) is 5.28 Å². The molecule has 2 bridgehead atoms. The first-order valence-electron chi connectivity index (χ1n) is 5.33. The fraction of sp³-hybridized carbons (Fsp3) is 0.600. The highest BCUT2D eigenvalue weighted by Gasteiger charge is 2.52. The molecule has 0 unspecified atom stereocenters. The summed E-state index contributed by atoms with van der Waals surface area (Å²) in [6.45, 7) is 1.24. The lowest BCUT2D eigenvalue weighted by Crippen LogP contribution is -2.51. The second-order valence-corrected chi connectivity index (χ2v) is 5.17. The van der Waals surface area contributed by atoms with Gasteiger partial charge >= 0.3 is 0 Å². The first-order chi connectivity index (χ1) is 8.13. The Hall–Kier alpha value is -0.620. The molecule has 2 fully saturated rings. The summed E-state index contributed by atoms with van der Waals surface area (Å²) < 4.78 is 5.55. The van der Waals surface area contributed by atoms with E-state index in [0.29, 0.717) is 24.1 Å². The molecule has 0 aromatic carbocycles. The van der Waals surface area contributed by atoms with Crippen LogP contribution < -0.4 is 4.90 Å². The van der Waals surface area contributed by atoms with Crippen LogP contribution in [0.25, 0.3) is 0 Å². The minimum Gasteiger partial charge on any atom is -0.394 e. The topological polar surface area (TPSA) is 58.5 Å². The van der Waals surface area contributed by atoms with Gasteiger partial charge in [0.15, 0.2) is 0 Å². The number of rotatable bonds is 2. The Labute approximate surface area is 108 Å². The Morgan fingerprint density at radius 3 is 3.00 bits per heavy atom. The molecule has 5 nitrogen and oxygen atoms in total. The third kappa shape index (κ3) is 1.78. The molecule has 2 aliphatic rings. The number of halogens is 2. The van der Waals surface area contributed by atoms with Gasteiger partial charge in [-0.3, -0.25) is 0 Å². The number of morpholine rings is 1. The summed E-state index contributed by atoms with van der Waals surface area (Å²) in [4.78, 5) is 9.99. The number of nitrogens with zero attached hydrogens (tertiary/aromatic N) is 3. The van der Waals surface area contributed by atoms with Crippen molar-refractivity contribution in [3.63, 3.8) is 0 Å². The summed E-state index contributed by atoms with van der Waals surface area (Å²) in [5.74, 6) is 0.648. The van der Waals surface area contributed by atoms with Gasteiger partial charge in [-0.25, -0.2) is 9.97 Å². The van der Waals surface area contributed by atoms with E-state index >= 15 is 0 Å². The molecule has 1 N–H and O–H groups in total. The Kier molecular flexibility index (Phi) is 2.66. The van der Waals surface area contributed by atoms with Crippen molar-refractivity contribution in [1.29, 1.82) is 0 Å². The average Bonchev–Trinajstić information content (AvgIpc) is 2.85. The number of aliphatic hydroxyl groups is 1. The summed E-state index contributed by atoms with van der Waals surface area (Å²) in [6, 6.07) is 1.66. The Bertz CT molecular complexity index is 439. The number of aromatic nitrogens is 2. The van der Waals surface area contributed by atoms with E-state index in [1.54, 1.807) is 6.07 Å². The molecular formula is C10H11Cl2N3O2. The van der Waals surface area contributed by atoms with E-state index < -0.39 is 0 Å². The molecule has 2 atom stereocenters. The molecule has 0 spiro atoms. The van der Waals surface area contributed by atoms with Crippen molar-refractivity contribution >= 4 is 29.0 Å². The Morgan fingerprint density at radius 2 is 2.35 bits per heavy atom. The lowest BCUT2D eigenvalue weighted by Gasteiger charge is -2.37. The van der Waals surface area contributed by atoms with Gasteiger partial charge in [0.1, 0.15) is 11.0 Å². The number of aliphatic hydroxyl groups excluding tert-OH is 1. The second kappa shape index (κ2) is 3.95. The zero-order chi connectivity index (χ0) is 12.0. The molecular weight excluding hydrogens is 265 g/mol. The van der Waals surface area contributed by atoms with Gasteiger partial charge in [-0.1, -0.05) is 11.6 Å². The summed E-state index contributed by atoms with van der Waals surface area (Å²) in [7, 11) is 0. The van der Waals surface area contributed by atoms with Crippen LogP contribution in [0.1, 0.15) is 6.42 Å². The molecule has 0 radical (unpaired) electrons. The van der Waals surface area contributed by atoms with Gasteiger partial charge in [0.05, 0.1) is 24.9 Å². The molecule has 1 aromatic heterocycles. The highest BCUT2D eigenvalue weighted by Crippen LogP contribution is 2.40. The van der Waals surface area contributed by atoms with E-state index in [2.05, 4.69) is 9.97 Å². The van der Waals surface area contributed by atoms with E-state index in [1.807, 2.05) is 4.90 Å². The zero-order valence-corrected chi connectivity index (χ0v) is 10.4. The summed E-state index contributed by atoms with van der Waals surface area (Å²) in [5, 5.41) is 10.0. The summed E-state index contributed by atoms with van der Waals surface area (Å²) >= 11 is 11.7. The molecule has 2 saturated heterocycles. The molecule has 3 heterocycles. The lowest BCUT2D eigenvalue weighted by atomic mass is 10.0. The van der Waals surface area contributed by atoms with Crippen molar-refractivity contribution in [3.05, 3.63) is 16.5 Å². The van der Waals surface area contributed by atoms with Crippen LogP contribution >= 0.6 is 23.2 Å². The maximum Gasteiger partial charge on any atom is 0.225 e. The van der Waals surface area contributed by atoms with Crippen LogP contribution in [-0.4, -0.2) is 46.5 Å². The Balaban J connectivity index is 1.99. The predicted molar refractivity (Wildman–Crippen MR) is 63.6 cm³/mol. The smallest absolute Gasteiger partial charge is 0.225 e. The lowest BCUT2D eigenvalue weighted by molar-refractivity contribution is 0.0686. The van der Waals surface area contributed by atoms with E-state index in [0.717, 1.165) is 6.42 Å². The molecule has 0 aliphatic carbocycles. The highest BCUT2D eigenvalue weighted by molar-refractivity contribution is 6.32. The third-order valence-corrected chi connectivity index (χ3v) is 3.74. The quantitative estimate of drug-likeness (QED) is 0.648. The number of fused-ring (bicyclic) bond motifs is 2. The van der Waals surface area contributed by atoms with Crippen molar-refractivity contribution in [3.8, 4) is 0 Å². The van der Waals surface area contributed by atoms with Gasteiger partial charge in [-0.2, -0.15) is 0 Å². The minimum absolute atomic E-state index is 0.0305. The van der Waals surface area contributed by atoms with Crippen LogP contribution in [0.4, 0.5) is 5.82 Å². The predicted octanol–water partition coefficient (Wildman–Crippen LogP) is 1.12. The molecule has 1 aromatic rings. The number of anilines is 1. The van der Waals surface area contributed by atoms with E-state index in [4.69, 9.17) is 27.9 Å². The normalized spacial score (nSPS) is 31.2. The monoisotopic (exact) mass is 275 g/mol. The zero-order valence-electron chi connectivity index (χ0n) is 8.94. The van der Waals surface area contributed by atoms with Crippen molar-refractivity contribution in [2.24, 2.45) is 0 Å². The van der Waals surface area contributed by atoms with Gasteiger partial charge in [0.25, 0.3) is 0 Å². The maximum atomic E-state index is 9.58. The van der Waals surface area contributed by atoms with Gasteiger partial charge in [-0.05, 0) is 11.6 Å². The average molecular weight is 276 g/mol. The maximum absolute atomic E-state index is 9.58. The van der Waals surface area contributed by atoms with Crippen molar-refractivity contribution < 1.29 is 9.84 Å². The summed E-state index contributed by atoms with van der Waals surface area (Å²) in [6.07, 6.45) is 0.956. The third-order valence-electron chi connectivity index (χ3n) is 3.38. The SMILES string of the molecule is OC[C@]12CO[C@H](CN1c1cc(Cl)nc(Cl)n1)C2. The molecule has 7 heteroatoms. The number of hydrogen-bond donors (Lipinski definition) is 1. The molecule has 0 amide bonds. The van der Waals surface area contributed by atoms with Crippen LogP contribution in [0.15, 0.2) is 6.07 Å². The van der Waals surface area contributed by atoms with Crippen molar-refractivity contribution in [1.82, 2.24) is 9.97 Å². The van der Waals surface area contributed by atoms with Gasteiger partial charge < -0.3 is 14.7 Å². The number of ether oxygens (including phenoxy) is 1. The first kappa shape index (κ1) is 11.5. The first-order valence-corrected chi connectivity index (χ1v) is 6.09. The molecule has 0 saturated carbocycles. The van der Waals surface area contributed by atoms with Gasteiger partial charge in [-0.15, -0.1) is 0 Å². The van der Waals surface area contributed by atoms with E-state index in [-0.39, 0.29) is 23.5 Å². The molecule has 2 aliphatic heterocycles. The fourth-order valence-corrected chi connectivity index (χ4v) is 2.96. The van der Waals surface area contributed by atoms with Crippen molar-refractivity contribution in [2.75, 3.05) is 24.7 Å². The highest BCUT2D eigenvalue weighted by atomic mass is 35.5. The van der Waals surface area contributed by atoms with Crippen molar-refractivity contribution in [2.45, 2.75) is 18.1 Å². The van der Waals surface area contributed by atoms with Crippen LogP contribution in [0.3, 0.4) is 0 Å². The molecule has 92 valence electrons. The largest absolute Gasteiger partial charge is 0.394 e. The van der Waals surface area contributed by atoms with Gasteiger partial charge in [0, 0.05) is 19.0 Å². The fourth-order valence-electron chi connectivity index (χ4n) is 2.57. The van der Waals surface area contributed by atoms with Crippen LogP contribution in [-0.2, 0) is 4.74 Å². The molecule has 17 heavy (non-hydrogen) atoms. The molecule has 3 rings (SSSR count). The van der Waals surface area contributed by atoms with Crippen LogP contribution in [0.2, 0.25) is 10.4 Å². The van der Waals surface area contributed by atoms with Crippen LogP contribution in [0.5, 0.6) is 0 Å². The Morgan fingerprint density at radius 1 is 1.53 bits per heavy atom.